The number of sulfonamides is 1. The summed E-state index contributed by atoms with van der Waals surface area (Å²) in [6.45, 7) is 4.84. The molecule has 1 fully saturated rings. The lowest BCUT2D eigenvalue weighted by Crippen LogP contribution is -2.42. The fraction of sp³-hybridized carbons (Fsp3) is 0.533. The number of guanidine groups is 1. The first-order valence-electron chi connectivity index (χ1n) is 7.75. The van der Waals surface area contributed by atoms with Gasteiger partial charge in [-0.05, 0) is 31.0 Å². The van der Waals surface area contributed by atoms with Gasteiger partial charge >= 0.3 is 0 Å². The van der Waals surface area contributed by atoms with E-state index in [0.29, 0.717) is 43.6 Å². The van der Waals surface area contributed by atoms with Crippen molar-refractivity contribution in [1.82, 2.24) is 14.9 Å². The molecule has 0 saturated carbocycles. The Balaban J connectivity index is 1.87. The molecule has 2 rings (SSSR count). The molecule has 8 heteroatoms. The van der Waals surface area contributed by atoms with Crippen molar-refractivity contribution in [2.24, 2.45) is 4.99 Å². The summed E-state index contributed by atoms with van der Waals surface area (Å²) >= 11 is 5.96. The van der Waals surface area contributed by atoms with Crippen LogP contribution >= 0.6 is 11.6 Å². The molecule has 23 heavy (non-hydrogen) atoms. The molecule has 0 aliphatic carbocycles. The maximum absolute atomic E-state index is 11.7. The molecule has 0 unspecified atom stereocenters. The minimum atomic E-state index is -3.04. The number of nitrogens with zero attached hydrogens (tertiary/aromatic N) is 2. The highest BCUT2D eigenvalue weighted by Gasteiger charge is 2.27. The number of hydrogen-bond donors (Lipinski definition) is 2. The van der Waals surface area contributed by atoms with Gasteiger partial charge in [-0.1, -0.05) is 23.7 Å². The molecule has 1 aromatic carbocycles. The van der Waals surface area contributed by atoms with E-state index in [1.165, 1.54) is 4.31 Å². The molecule has 2 N–H and O–H groups in total. The highest BCUT2D eigenvalue weighted by Crippen LogP contribution is 2.12. The van der Waals surface area contributed by atoms with Crippen LogP contribution in [0.4, 0.5) is 0 Å². The Morgan fingerprint density at radius 2 is 2.22 bits per heavy atom. The first kappa shape index (κ1) is 18.0. The van der Waals surface area contributed by atoms with Crippen LogP contribution in [0.15, 0.2) is 29.3 Å². The van der Waals surface area contributed by atoms with Gasteiger partial charge in [0, 0.05) is 31.2 Å². The van der Waals surface area contributed by atoms with Crippen LogP contribution in [0.25, 0.3) is 0 Å². The maximum Gasteiger partial charge on any atom is 0.214 e. The quantitative estimate of drug-likeness (QED) is 0.596. The highest BCUT2D eigenvalue weighted by molar-refractivity contribution is 7.89. The number of halogens is 1. The molecule has 0 radical (unpaired) electrons. The number of benzene rings is 1. The second-order valence-corrected chi connectivity index (χ2v) is 7.85. The number of nitrogens with one attached hydrogen (secondary N) is 2. The first-order chi connectivity index (χ1) is 11.0. The van der Waals surface area contributed by atoms with Crippen LogP contribution in [0.5, 0.6) is 0 Å². The largest absolute Gasteiger partial charge is 0.357 e. The monoisotopic (exact) mass is 358 g/mol. The molecule has 1 aromatic rings. The number of hydrogen-bond acceptors (Lipinski definition) is 3. The summed E-state index contributed by atoms with van der Waals surface area (Å²) in [5, 5.41) is 7.01. The lowest BCUT2D eigenvalue weighted by molar-refractivity contribution is 0.445. The van der Waals surface area contributed by atoms with E-state index in [1.54, 1.807) is 0 Å². The Morgan fingerprint density at radius 1 is 1.39 bits per heavy atom. The zero-order valence-electron chi connectivity index (χ0n) is 13.3. The van der Waals surface area contributed by atoms with Crippen molar-refractivity contribution in [3.63, 3.8) is 0 Å². The molecule has 0 aromatic heterocycles. The molecular weight excluding hydrogens is 336 g/mol. The van der Waals surface area contributed by atoms with Gasteiger partial charge in [-0.15, -0.1) is 0 Å². The number of rotatable bonds is 6. The van der Waals surface area contributed by atoms with Crippen molar-refractivity contribution in [3.05, 3.63) is 34.9 Å². The standard InChI is InChI=1S/C15H23ClN4O2S/c1-2-17-15(19-12-13-5-3-6-14(16)11-13)18-7-9-20-8-4-10-23(20,21)22/h3,5-6,11H,2,4,7-10,12H2,1H3,(H2,17,18,19). The Hall–Kier alpha value is -1.31. The molecule has 1 aliphatic heterocycles. The molecular formula is C15H23ClN4O2S. The summed E-state index contributed by atoms with van der Waals surface area (Å²) in [5.41, 5.74) is 1.02. The zero-order valence-corrected chi connectivity index (χ0v) is 14.8. The Bertz CT molecular complexity index is 649. The third kappa shape index (κ3) is 5.67. The summed E-state index contributed by atoms with van der Waals surface area (Å²) in [4.78, 5) is 4.49. The molecule has 6 nitrogen and oxygen atoms in total. The van der Waals surface area contributed by atoms with Crippen molar-refractivity contribution >= 4 is 27.6 Å². The number of aliphatic imine (C=N–C) groups is 1. The molecule has 1 saturated heterocycles. The summed E-state index contributed by atoms with van der Waals surface area (Å²) < 4.78 is 25.0. The summed E-state index contributed by atoms with van der Waals surface area (Å²) in [5.74, 6) is 0.930. The van der Waals surface area contributed by atoms with E-state index < -0.39 is 10.0 Å². The van der Waals surface area contributed by atoms with Gasteiger partial charge in [-0.25, -0.2) is 17.7 Å². The summed E-state index contributed by atoms with van der Waals surface area (Å²) in [6.07, 6.45) is 0.714. The topological polar surface area (TPSA) is 73.8 Å². The van der Waals surface area contributed by atoms with E-state index in [9.17, 15) is 8.42 Å². The molecule has 128 valence electrons. The Morgan fingerprint density at radius 3 is 2.87 bits per heavy atom. The van der Waals surface area contributed by atoms with Crippen molar-refractivity contribution in [3.8, 4) is 0 Å². The highest BCUT2D eigenvalue weighted by atomic mass is 35.5. The molecule has 0 atom stereocenters. The third-order valence-electron chi connectivity index (χ3n) is 3.51. The predicted molar refractivity (Wildman–Crippen MR) is 94.2 cm³/mol. The zero-order chi connectivity index (χ0) is 16.7. The second kappa shape index (κ2) is 8.52. The first-order valence-corrected chi connectivity index (χ1v) is 9.74. The average molecular weight is 359 g/mol. The molecule has 1 heterocycles. The van der Waals surface area contributed by atoms with Gasteiger partial charge in [0.25, 0.3) is 0 Å². The van der Waals surface area contributed by atoms with Crippen LogP contribution in [-0.4, -0.2) is 50.6 Å². The van der Waals surface area contributed by atoms with E-state index in [1.807, 2.05) is 31.2 Å². The SMILES string of the molecule is CCNC(=NCc1cccc(Cl)c1)NCCN1CCCS1(=O)=O. The third-order valence-corrected chi connectivity index (χ3v) is 5.70. The van der Waals surface area contributed by atoms with E-state index in [4.69, 9.17) is 11.6 Å². The van der Waals surface area contributed by atoms with Gasteiger partial charge in [0.2, 0.25) is 10.0 Å². The van der Waals surface area contributed by atoms with Gasteiger partial charge in [0.15, 0.2) is 5.96 Å². The predicted octanol–water partition coefficient (Wildman–Crippen LogP) is 1.43. The fourth-order valence-corrected chi connectivity index (χ4v) is 4.13. The minimum Gasteiger partial charge on any atom is -0.357 e. The van der Waals surface area contributed by atoms with Crippen LogP contribution in [-0.2, 0) is 16.6 Å². The van der Waals surface area contributed by atoms with E-state index in [0.717, 1.165) is 12.1 Å². The summed E-state index contributed by atoms with van der Waals surface area (Å²) in [7, 11) is -3.04. The van der Waals surface area contributed by atoms with Gasteiger partial charge in [-0.2, -0.15) is 0 Å². The van der Waals surface area contributed by atoms with Crippen LogP contribution in [0.3, 0.4) is 0 Å². The van der Waals surface area contributed by atoms with Crippen molar-refractivity contribution < 1.29 is 8.42 Å². The summed E-state index contributed by atoms with van der Waals surface area (Å²) in [6, 6.07) is 7.57. The molecule has 0 amide bonds. The van der Waals surface area contributed by atoms with Gasteiger partial charge in [0.1, 0.15) is 0 Å². The Labute approximate surface area is 143 Å². The van der Waals surface area contributed by atoms with Crippen LogP contribution in [0.2, 0.25) is 5.02 Å². The van der Waals surface area contributed by atoms with Gasteiger partial charge in [-0.3, -0.25) is 0 Å². The molecule has 0 bridgehead atoms. The lowest BCUT2D eigenvalue weighted by Gasteiger charge is -2.16. The minimum absolute atomic E-state index is 0.260. The van der Waals surface area contributed by atoms with Crippen molar-refractivity contribution in [2.45, 2.75) is 19.9 Å². The van der Waals surface area contributed by atoms with Crippen LogP contribution in [0.1, 0.15) is 18.9 Å². The van der Waals surface area contributed by atoms with Crippen LogP contribution in [0, 0.1) is 0 Å². The normalized spacial score (nSPS) is 18.1. The smallest absolute Gasteiger partial charge is 0.214 e. The Kier molecular flexibility index (Phi) is 6.68. The molecule has 1 aliphatic rings. The lowest BCUT2D eigenvalue weighted by atomic mass is 10.2. The van der Waals surface area contributed by atoms with E-state index in [-0.39, 0.29) is 5.75 Å². The average Bonchev–Trinajstić information content (AvgIpc) is 2.84. The van der Waals surface area contributed by atoms with E-state index in [2.05, 4.69) is 15.6 Å². The maximum atomic E-state index is 11.7. The second-order valence-electron chi connectivity index (χ2n) is 5.32. The van der Waals surface area contributed by atoms with Crippen molar-refractivity contribution in [2.75, 3.05) is 31.9 Å². The van der Waals surface area contributed by atoms with Gasteiger partial charge < -0.3 is 10.6 Å². The van der Waals surface area contributed by atoms with Crippen LogP contribution < -0.4 is 10.6 Å². The van der Waals surface area contributed by atoms with Gasteiger partial charge in [0.05, 0.1) is 12.3 Å². The fourth-order valence-electron chi connectivity index (χ4n) is 2.39. The van der Waals surface area contributed by atoms with E-state index >= 15 is 0 Å². The van der Waals surface area contributed by atoms with Crippen molar-refractivity contribution in [1.29, 1.82) is 0 Å². The molecule has 0 spiro atoms.